The molecule has 0 unspecified atom stereocenters. The van der Waals surface area contributed by atoms with E-state index in [2.05, 4.69) is 23.9 Å². The predicted octanol–water partition coefficient (Wildman–Crippen LogP) is 3.02. The van der Waals surface area contributed by atoms with Gasteiger partial charge in [-0.15, -0.1) is 11.3 Å². The first kappa shape index (κ1) is 16.9. The van der Waals surface area contributed by atoms with E-state index in [4.69, 9.17) is 0 Å². The highest BCUT2D eigenvalue weighted by Crippen LogP contribution is 2.40. The van der Waals surface area contributed by atoms with Crippen LogP contribution in [0.25, 0.3) is 0 Å². The van der Waals surface area contributed by atoms with Crippen molar-refractivity contribution < 1.29 is 8.42 Å². The van der Waals surface area contributed by atoms with Crippen LogP contribution in [0.4, 0.5) is 0 Å². The lowest BCUT2D eigenvalue weighted by Gasteiger charge is -2.25. The summed E-state index contributed by atoms with van der Waals surface area (Å²) in [5, 5.41) is 3.33. The summed E-state index contributed by atoms with van der Waals surface area (Å²) in [6, 6.07) is 2.19. The number of nitrogens with one attached hydrogen (secondary N) is 2. The third-order valence-electron chi connectivity index (χ3n) is 3.89. The summed E-state index contributed by atoms with van der Waals surface area (Å²) >= 11 is 1.55. The molecule has 2 rings (SSSR count). The van der Waals surface area contributed by atoms with Gasteiger partial charge in [-0.2, -0.15) is 0 Å². The molecule has 1 aliphatic rings. The van der Waals surface area contributed by atoms with Gasteiger partial charge in [0.25, 0.3) is 0 Å². The van der Waals surface area contributed by atoms with Gasteiger partial charge in [0.2, 0.25) is 10.0 Å². The van der Waals surface area contributed by atoms with Crippen molar-refractivity contribution in [2.45, 2.75) is 70.5 Å². The first-order chi connectivity index (χ1) is 9.62. The van der Waals surface area contributed by atoms with Crippen LogP contribution in [0.1, 0.15) is 50.3 Å². The number of hydrogen-bond donors (Lipinski definition) is 2. The van der Waals surface area contributed by atoms with Gasteiger partial charge < -0.3 is 5.32 Å². The van der Waals surface area contributed by atoms with Gasteiger partial charge in [0.15, 0.2) is 0 Å². The van der Waals surface area contributed by atoms with Crippen molar-refractivity contribution in [2.24, 2.45) is 5.92 Å². The average molecular weight is 331 g/mol. The smallest absolute Gasteiger partial charge is 0.242 e. The third-order valence-corrected chi connectivity index (χ3v) is 6.87. The van der Waals surface area contributed by atoms with E-state index in [1.165, 1.54) is 0 Å². The summed E-state index contributed by atoms with van der Waals surface area (Å²) in [5.41, 5.74) is -0.358. The molecule has 1 saturated carbocycles. The fraction of sp³-hybridized carbons (Fsp3) is 0.733. The van der Waals surface area contributed by atoms with E-state index >= 15 is 0 Å². The fourth-order valence-corrected chi connectivity index (χ4v) is 5.53. The molecule has 1 fully saturated rings. The minimum Gasteiger partial charge on any atom is -0.310 e. The quantitative estimate of drug-likeness (QED) is 0.808. The number of sulfonamides is 1. The van der Waals surface area contributed by atoms with Gasteiger partial charge in [-0.25, -0.2) is 13.1 Å². The third kappa shape index (κ3) is 4.28. The normalized spacial score (nSPS) is 16.7. The van der Waals surface area contributed by atoms with E-state index in [-0.39, 0.29) is 5.54 Å². The van der Waals surface area contributed by atoms with Crippen LogP contribution in [0.3, 0.4) is 0 Å². The molecule has 0 aliphatic heterocycles. The molecule has 4 nitrogen and oxygen atoms in total. The highest BCUT2D eigenvalue weighted by molar-refractivity contribution is 7.89. The molecule has 1 heterocycles. The average Bonchev–Trinajstić information content (AvgIpc) is 3.10. The van der Waals surface area contributed by atoms with Gasteiger partial charge in [0, 0.05) is 27.9 Å². The van der Waals surface area contributed by atoms with Crippen LogP contribution in [0, 0.1) is 12.8 Å². The van der Waals surface area contributed by atoms with Gasteiger partial charge in [0.1, 0.15) is 0 Å². The second kappa shape index (κ2) is 5.99. The van der Waals surface area contributed by atoms with E-state index in [1.54, 1.807) is 17.4 Å². The Morgan fingerprint density at radius 1 is 1.38 bits per heavy atom. The molecule has 21 heavy (non-hydrogen) atoms. The SMILES string of the molecule is Cc1sc(CNC(C)C)cc1S(=O)(=O)NC(C)(C)C1CC1. The van der Waals surface area contributed by atoms with Crippen LogP contribution < -0.4 is 10.0 Å². The Hall–Kier alpha value is -0.430. The number of aryl methyl sites for hydroxylation is 1. The Labute approximate surface area is 132 Å². The van der Waals surface area contributed by atoms with Crippen molar-refractivity contribution in [3.8, 4) is 0 Å². The predicted molar refractivity (Wildman–Crippen MR) is 88.2 cm³/mol. The van der Waals surface area contributed by atoms with Crippen LogP contribution in [0.5, 0.6) is 0 Å². The van der Waals surface area contributed by atoms with Crippen molar-refractivity contribution >= 4 is 21.4 Å². The summed E-state index contributed by atoms with van der Waals surface area (Å²) < 4.78 is 28.1. The molecule has 1 aliphatic carbocycles. The Bertz CT molecular complexity index is 599. The molecular weight excluding hydrogens is 304 g/mol. The lowest BCUT2D eigenvalue weighted by molar-refractivity contribution is 0.400. The van der Waals surface area contributed by atoms with Gasteiger partial charge in [-0.3, -0.25) is 0 Å². The lowest BCUT2D eigenvalue weighted by atomic mass is 10.0. The second-order valence-corrected chi connectivity index (χ2v) is 9.76. The van der Waals surface area contributed by atoms with E-state index in [9.17, 15) is 8.42 Å². The molecule has 0 spiro atoms. The highest BCUT2D eigenvalue weighted by atomic mass is 32.2. The van der Waals surface area contributed by atoms with Gasteiger partial charge in [-0.1, -0.05) is 13.8 Å². The molecule has 1 aromatic rings. The van der Waals surface area contributed by atoms with Crippen LogP contribution in [-0.2, 0) is 16.6 Å². The Kier molecular flexibility index (Phi) is 4.83. The molecule has 0 radical (unpaired) electrons. The molecule has 0 atom stereocenters. The van der Waals surface area contributed by atoms with Crippen LogP contribution >= 0.6 is 11.3 Å². The molecule has 0 bridgehead atoms. The minimum atomic E-state index is -3.44. The molecule has 120 valence electrons. The zero-order valence-corrected chi connectivity index (χ0v) is 15.1. The number of rotatable bonds is 7. The van der Waals surface area contributed by atoms with Crippen LogP contribution in [0.15, 0.2) is 11.0 Å². The zero-order valence-electron chi connectivity index (χ0n) is 13.5. The van der Waals surface area contributed by atoms with E-state index in [0.29, 0.717) is 23.4 Å². The topological polar surface area (TPSA) is 58.2 Å². The standard InChI is InChI=1S/C15H26N2O2S2/c1-10(2)16-9-13-8-14(11(3)20-13)21(18,19)17-15(4,5)12-6-7-12/h8,10,12,16-17H,6-7,9H2,1-5H3. The molecule has 2 N–H and O–H groups in total. The molecular formula is C15H26N2O2S2. The summed E-state index contributed by atoms with van der Waals surface area (Å²) in [4.78, 5) is 2.35. The maximum absolute atomic E-state index is 12.6. The van der Waals surface area contributed by atoms with Gasteiger partial charge >= 0.3 is 0 Å². The van der Waals surface area contributed by atoms with Crippen molar-refractivity contribution in [1.29, 1.82) is 0 Å². The van der Waals surface area contributed by atoms with Crippen molar-refractivity contribution in [3.63, 3.8) is 0 Å². The first-order valence-corrected chi connectivity index (χ1v) is 9.78. The Morgan fingerprint density at radius 3 is 2.52 bits per heavy atom. The monoisotopic (exact) mass is 330 g/mol. The van der Waals surface area contributed by atoms with E-state index in [1.807, 2.05) is 20.8 Å². The number of hydrogen-bond acceptors (Lipinski definition) is 4. The molecule has 1 aromatic heterocycles. The fourth-order valence-electron chi connectivity index (χ4n) is 2.47. The van der Waals surface area contributed by atoms with Crippen molar-refractivity contribution in [2.75, 3.05) is 0 Å². The molecule has 0 amide bonds. The van der Waals surface area contributed by atoms with Crippen molar-refractivity contribution in [3.05, 3.63) is 15.8 Å². The lowest BCUT2D eigenvalue weighted by Crippen LogP contribution is -2.45. The van der Waals surface area contributed by atoms with Crippen LogP contribution in [0.2, 0.25) is 0 Å². The van der Waals surface area contributed by atoms with Crippen LogP contribution in [-0.4, -0.2) is 20.0 Å². The Morgan fingerprint density at radius 2 is 2.00 bits per heavy atom. The zero-order chi connectivity index (χ0) is 15.8. The van der Waals surface area contributed by atoms with Gasteiger partial charge in [-0.05, 0) is 45.6 Å². The van der Waals surface area contributed by atoms with E-state index in [0.717, 1.165) is 22.6 Å². The highest BCUT2D eigenvalue weighted by Gasteiger charge is 2.41. The molecule has 0 aromatic carbocycles. The summed E-state index contributed by atoms with van der Waals surface area (Å²) in [7, 11) is -3.44. The maximum Gasteiger partial charge on any atom is 0.242 e. The maximum atomic E-state index is 12.6. The number of thiophene rings is 1. The summed E-state index contributed by atoms with van der Waals surface area (Å²) in [6.07, 6.45) is 2.23. The van der Waals surface area contributed by atoms with E-state index < -0.39 is 10.0 Å². The second-order valence-electron chi connectivity index (χ2n) is 6.77. The first-order valence-electron chi connectivity index (χ1n) is 7.48. The summed E-state index contributed by atoms with van der Waals surface area (Å²) in [6.45, 7) is 10.7. The summed E-state index contributed by atoms with van der Waals surface area (Å²) in [5.74, 6) is 0.466. The minimum absolute atomic E-state index is 0.358. The molecule has 6 heteroatoms. The molecule has 0 saturated heterocycles. The Balaban J connectivity index is 2.16. The van der Waals surface area contributed by atoms with Gasteiger partial charge in [0.05, 0.1) is 4.90 Å². The van der Waals surface area contributed by atoms with Crippen molar-refractivity contribution in [1.82, 2.24) is 10.0 Å². The largest absolute Gasteiger partial charge is 0.310 e.